The predicted molar refractivity (Wildman–Crippen MR) is 113 cm³/mol. The maximum atomic E-state index is 13.4. The Morgan fingerprint density at radius 1 is 0.867 bits per heavy atom. The summed E-state index contributed by atoms with van der Waals surface area (Å²) in [7, 11) is -2.60. The number of anilines is 1. The Morgan fingerprint density at radius 3 is 2.00 bits per heavy atom. The van der Waals surface area contributed by atoms with Crippen molar-refractivity contribution in [3.63, 3.8) is 0 Å². The van der Waals surface area contributed by atoms with Crippen molar-refractivity contribution in [3.05, 3.63) is 101 Å². The fourth-order valence-corrected chi connectivity index (χ4v) is 5.18. The van der Waals surface area contributed by atoms with E-state index in [0.717, 1.165) is 0 Å². The Hall–Kier alpha value is -3.58. The van der Waals surface area contributed by atoms with Crippen molar-refractivity contribution >= 4 is 21.4 Å². The van der Waals surface area contributed by atoms with E-state index >= 15 is 0 Å². The Bertz CT molecular complexity index is 1200. The summed E-state index contributed by atoms with van der Waals surface area (Å²) in [5, 5.41) is 10.7. The molecule has 0 spiro atoms. The molecule has 1 N–H and O–H groups in total. The van der Waals surface area contributed by atoms with Crippen molar-refractivity contribution in [2.45, 2.75) is 10.9 Å². The molecule has 1 heterocycles. The van der Waals surface area contributed by atoms with Crippen LogP contribution in [0.2, 0.25) is 0 Å². The number of methoxy groups -OCH3 is 1. The van der Waals surface area contributed by atoms with E-state index in [9.17, 15) is 18.3 Å². The number of amides is 1. The molecule has 3 aromatic rings. The molecule has 0 aromatic heterocycles. The van der Waals surface area contributed by atoms with Gasteiger partial charge in [0.1, 0.15) is 16.7 Å². The number of sulfone groups is 1. The van der Waals surface area contributed by atoms with E-state index in [-0.39, 0.29) is 9.80 Å². The normalized spacial score (nSPS) is 16.8. The number of ether oxygens (including phenoxy) is 1. The SMILES string of the molecule is COc1ccc(N2C(=O)C(O)=C(S(=O)(=O)c3ccccc3)[C@@H]2c2ccccc2)cc1. The van der Waals surface area contributed by atoms with Crippen LogP contribution < -0.4 is 9.64 Å². The van der Waals surface area contributed by atoms with Gasteiger partial charge >= 0.3 is 0 Å². The second-order valence-corrected chi connectivity index (χ2v) is 8.63. The van der Waals surface area contributed by atoms with Gasteiger partial charge in [-0.25, -0.2) is 8.42 Å². The highest BCUT2D eigenvalue weighted by Crippen LogP contribution is 2.44. The third-order valence-electron chi connectivity index (χ3n) is 4.97. The molecule has 0 bridgehead atoms. The Balaban J connectivity index is 1.91. The van der Waals surface area contributed by atoms with Gasteiger partial charge in [0.15, 0.2) is 5.76 Å². The van der Waals surface area contributed by atoms with E-state index in [4.69, 9.17) is 4.74 Å². The van der Waals surface area contributed by atoms with Crippen LogP contribution in [-0.4, -0.2) is 26.5 Å². The third kappa shape index (κ3) is 3.23. The van der Waals surface area contributed by atoms with Gasteiger partial charge in [0.05, 0.1) is 12.0 Å². The highest BCUT2D eigenvalue weighted by Gasteiger charge is 2.47. The van der Waals surface area contributed by atoms with Gasteiger partial charge in [-0.2, -0.15) is 0 Å². The smallest absolute Gasteiger partial charge is 0.295 e. The standard InChI is InChI=1S/C23H19NO5S/c1-29-18-14-12-17(13-15-18)24-20(16-8-4-2-5-9-16)22(21(25)23(24)26)30(27,28)19-10-6-3-7-11-19/h2-15,20,25H,1H3/t20-/m0/s1. The Kier molecular flexibility index (Phi) is 5.05. The molecule has 0 saturated heterocycles. The average molecular weight is 421 g/mol. The topological polar surface area (TPSA) is 83.9 Å². The first-order valence-corrected chi connectivity index (χ1v) is 10.7. The van der Waals surface area contributed by atoms with Crippen LogP contribution in [0.5, 0.6) is 5.75 Å². The number of benzene rings is 3. The van der Waals surface area contributed by atoms with E-state index < -0.39 is 27.5 Å². The molecule has 0 aliphatic carbocycles. The van der Waals surface area contributed by atoms with Gasteiger partial charge in [0.2, 0.25) is 9.84 Å². The molecule has 0 radical (unpaired) electrons. The fraction of sp³-hybridized carbons (Fsp3) is 0.0870. The van der Waals surface area contributed by atoms with Crippen LogP contribution in [0.3, 0.4) is 0 Å². The molecule has 0 fully saturated rings. The summed E-state index contributed by atoms with van der Waals surface area (Å²) in [4.78, 5) is 14.0. The zero-order valence-corrected chi connectivity index (χ0v) is 16.9. The summed E-state index contributed by atoms with van der Waals surface area (Å²) in [5.74, 6) is -0.956. The molecule has 1 aliphatic heterocycles. The molecule has 1 aliphatic rings. The number of hydrogen-bond acceptors (Lipinski definition) is 5. The lowest BCUT2D eigenvalue weighted by molar-refractivity contribution is -0.117. The van der Waals surface area contributed by atoms with E-state index in [1.165, 1.54) is 24.1 Å². The lowest BCUT2D eigenvalue weighted by atomic mass is 10.1. The Labute approximate surface area is 174 Å². The maximum absolute atomic E-state index is 13.4. The molecule has 152 valence electrons. The van der Waals surface area contributed by atoms with Gasteiger partial charge in [0.25, 0.3) is 5.91 Å². The lowest BCUT2D eigenvalue weighted by Crippen LogP contribution is -2.31. The minimum absolute atomic E-state index is 0.0110. The van der Waals surface area contributed by atoms with Gasteiger partial charge in [-0.1, -0.05) is 48.5 Å². The minimum Gasteiger partial charge on any atom is -0.502 e. The van der Waals surface area contributed by atoms with Crippen LogP contribution in [-0.2, 0) is 14.6 Å². The first-order valence-electron chi connectivity index (χ1n) is 9.21. The van der Waals surface area contributed by atoms with Gasteiger partial charge in [-0.3, -0.25) is 9.69 Å². The number of carbonyl (C=O) groups excluding carboxylic acids is 1. The third-order valence-corrected chi connectivity index (χ3v) is 6.86. The first-order chi connectivity index (χ1) is 14.4. The molecule has 1 atom stereocenters. The molecule has 7 heteroatoms. The summed E-state index contributed by atoms with van der Waals surface area (Å²) in [6.07, 6.45) is 0. The molecule has 30 heavy (non-hydrogen) atoms. The zero-order chi connectivity index (χ0) is 21.3. The molecule has 0 saturated carbocycles. The van der Waals surface area contributed by atoms with Crippen LogP contribution in [0.15, 0.2) is 100 Å². The first kappa shape index (κ1) is 19.7. The number of rotatable bonds is 5. The monoisotopic (exact) mass is 421 g/mol. The molecular formula is C23H19NO5S. The second-order valence-electron chi connectivity index (χ2n) is 6.72. The van der Waals surface area contributed by atoms with Gasteiger partial charge in [-0.15, -0.1) is 0 Å². The number of aliphatic hydroxyl groups excluding tert-OH is 1. The lowest BCUT2D eigenvalue weighted by Gasteiger charge is -2.27. The van der Waals surface area contributed by atoms with Crippen molar-refractivity contribution in [2.24, 2.45) is 0 Å². The van der Waals surface area contributed by atoms with Gasteiger partial charge < -0.3 is 9.84 Å². The average Bonchev–Trinajstić information content (AvgIpc) is 3.06. The molecular weight excluding hydrogens is 402 g/mol. The number of nitrogens with zero attached hydrogens (tertiary/aromatic N) is 1. The minimum atomic E-state index is -4.13. The van der Waals surface area contributed by atoms with Crippen LogP contribution >= 0.6 is 0 Å². The number of carbonyl (C=O) groups is 1. The van der Waals surface area contributed by atoms with Crippen molar-refractivity contribution in [3.8, 4) is 5.75 Å². The van der Waals surface area contributed by atoms with Crippen LogP contribution in [0.4, 0.5) is 5.69 Å². The summed E-state index contributed by atoms with van der Waals surface area (Å²) < 4.78 is 32.0. The molecule has 6 nitrogen and oxygen atoms in total. The highest BCUT2D eigenvalue weighted by molar-refractivity contribution is 7.95. The van der Waals surface area contributed by atoms with Crippen molar-refractivity contribution in [1.82, 2.24) is 0 Å². The summed E-state index contributed by atoms with van der Waals surface area (Å²) in [5.41, 5.74) is 1.01. The summed E-state index contributed by atoms with van der Waals surface area (Å²) in [6.45, 7) is 0. The van der Waals surface area contributed by atoms with Crippen molar-refractivity contribution in [1.29, 1.82) is 0 Å². The van der Waals surface area contributed by atoms with Crippen molar-refractivity contribution < 1.29 is 23.1 Å². The molecule has 0 unspecified atom stereocenters. The van der Waals surface area contributed by atoms with E-state index in [2.05, 4.69) is 0 Å². The fourth-order valence-electron chi connectivity index (χ4n) is 3.53. The summed E-state index contributed by atoms with van der Waals surface area (Å²) >= 11 is 0. The molecule has 4 rings (SSSR count). The van der Waals surface area contributed by atoms with E-state index in [1.54, 1.807) is 72.8 Å². The van der Waals surface area contributed by atoms with E-state index in [0.29, 0.717) is 17.0 Å². The van der Waals surface area contributed by atoms with Crippen LogP contribution in [0.1, 0.15) is 11.6 Å². The summed E-state index contributed by atoms with van der Waals surface area (Å²) in [6, 6.07) is 22.2. The van der Waals surface area contributed by atoms with Gasteiger partial charge in [-0.05, 0) is 42.0 Å². The maximum Gasteiger partial charge on any atom is 0.295 e. The van der Waals surface area contributed by atoms with E-state index in [1.807, 2.05) is 0 Å². The highest BCUT2D eigenvalue weighted by atomic mass is 32.2. The van der Waals surface area contributed by atoms with Crippen LogP contribution in [0, 0.1) is 0 Å². The largest absolute Gasteiger partial charge is 0.502 e. The second kappa shape index (κ2) is 7.68. The Morgan fingerprint density at radius 2 is 1.43 bits per heavy atom. The quantitative estimate of drug-likeness (QED) is 0.673. The predicted octanol–water partition coefficient (Wildman–Crippen LogP) is 4.03. The number of hydrogen-bond donors (Lipinski definition) is 1. The number of aliphatic hydroxyl groups is 1. The van der Waals surface area contributed by atoms with Crippen LogP contribution in [0.25, 0.3) is 0 Å². The molecule has 3 aromatic carbocycles. The van der Waals surface area contributed by atoms with Crippen molar-refractivity contribution in [2.75, 3.05) is 12.0 Å². The molecule has 1 amide bonds. The van der Waals surface area contributed by atoms with Gasteiger partial charge in [0, 0.05) is 5.69 Å². The zero-order valence-electron chi connectivity index (χ0n) is 16.1.